The van der Waals surface area contributed by atoms with Gasteiger partial charge in [-0.1, -0.05) is 31.2 Å². The molecule has 3 aliphatic rings. The van der Waals surface area contributed by atoms with Crippen molar-refractivity contribution < 1.29 is 22.4 Å². The maximum absolute atomic E-state index is 14.9. The maximum atomic E-state index is 14.9. The van der Waals surface area contributed by atoms with Crippen LogP contribution in [-0.2, 0) is 11.3 Å². The van der Waals surface area contributed by atoms with Gasteiger partial charge in [-0.15, -0.1) is 6.58 Å². The van der Waals surface area contributed by atoms with Crippen LogP contribution in [0.3, 0.4) is 0 Å². The smallest absolute Gasteiger partial charge is 0.194 e. The Balaban J connectivity index is 1.61. The molecule has 1 aromatic heterocycles. The molecule has 5 atom stereocenters. The van der Waals surface area contributed by atoms with Crippen molar-refractivity contribution in [2.75, 3.05) is 19.7 Å². The topological polar surface area (TPSA) is 22.1 Å². The van der Waals surface area contributed by atoms with E-state index in [1.165, 1.54) is 6.07 Å². The molecular formula is C29H32F3N2O+. The van der Waals surface area contributed by atoms with Crippen molar-refractivity contribution in [3.05, 3.63) is 89.9 Å². The zero-order valence-corrected chi connectivity index (χ0v) is 20.1. The monoisotopic (exact) mass is 481 g/mol. The highest BCUT2D eigenvalue weighted by molar-refractivity contribution is 5.82. The highest BCUT2D eigenvalue weighted by atomic mass is 19.2. The number of halogens is 3. The summed E-state index contributed by atoms with van der Waals surface area (Å²) in [4.78, 5) is 4.53. The summed E-state index contributed by atoms with van der Waals surface area (Å²) in [6, 6.07) is 12.5. The summed E-state index contributed by atoms with van der Waals surface area (Å²) in [6.07, 6.45) is 6.35. The zero-order chi connectivity index (χ0) is 24.6. The number of hydrogen-bond donors (Lipinski definition) is 0. The number of piperidine rings is 3. The van der Waals surface area contributed by atoms with E-state index in [9.17, 15) is 13.2 Å². The second-order valence-electron chi connectivity index (χ2n) is 10.1. The Bertz CT molecular complexity index is 1230. The average Bonchev–Trinajstić information content (AvgIpc) is 2.89. The van der Waals surface area contributed by atoms with Gasteiger partial charge in [0.2, 0.25) is 0 Å². The molecule has 6 heteroatoms. The predicted molar refractivity (Wildman–Crippen MR) is 131 cm³/mol. The first-order valence-electron chi connectivity index (χ1n) is 12.5. The second-order valence-corrected chi connectivity index (χ2v) is 10.1. The normalized spacial score (nSPS) is 26.7. The number of para-hydroxylation sites is 1. The average molecular weight is 482 g/mol. The Morgan fingerprint density at radius 3 is 2.77 bits per heavy atom. The first-order valence-corrected chi connectivity index (χ1v) is 12.5. The Hall–Kier alpha value is -2.70. The lowest BCUT2D eigenvalue weighted by atomic mass is 9.70. The summed E-state index contributed by atoms with van der Waals surface area (Å²) in [6.45, 7) is 8.50. The lowest BCUT2D eigenvalue weighted by Crippen LogP contribution is -2.68. The fourth-order valence-corrected chi connectivity index (χ4v) is 6.62. The fraction of sp³-hybridized carbons (Fsp3) is 0.414. The van der Waals surface area contributed by atoms with Crippen molar-refractivity contribution >= 4 is 10.9 Å². The van der Waals surface area contributed by atoms with Crippen LogP contribution in [-0.4, -0.2) is 35.2 Å². The van der Waals surface area contributed by atoms with Crippen LogP contribution < -0.4 is 0 Å². The number of quaternary nitrogens is 1. The van der Waals surface area contributed by atoms with Crippen LogP contribution in [0, 0.1) is 29.3 Å². The summed E-state index contributed by atoms with van der Waals surface area (Å²) >= 11 is 0. The van der Waals surface area contributed by atoms with E-state index >= 15 is 0 Å². The number of hydrogen-bond acceptors (Lipinski definition) is 2. The number of ether oxygens (including phenoxy) is 1. The van der Waals surface area contributed by atoms with E-state index in [2.05, 4.69) is 24.6 Å². The minimum absolute atomic E-state index is 0.0508. The Morgan fingerprint density at radius 2 is 1.97 bits per heavy atom. The van der Waals surface area contributed by atoms with Crippen molar-refractivity contribution in [2.24, 2.45) is 11.8 Å². The first kappa shape index (κ1) is 24.0. The molecule has 3 fully saturated rings. The molecule has 0 amide bonds. The van der Waals surface area contributed by atoms with Gasteiger partial charge in [0.1, 0.15) is 18.7 Å². The van der Waals surface area contributed by atoms with Crippen LogP contribution in [0.1, 0.15) is 43.4 Å². The standard InChI is InChI=1S/C29H32F3N2O/c1-3-15-35-29(23-11-13-33-25-8-6-5-7-22(23)25)26-16-20-12-14-34(26,17-19(20)4-2)18-21-9-10-24(30)28(32)27(21)31/h3,5-11,13,19-20,26,29H,1,4,12,14-18H2,2H3/q+1/t19-,20-,26-,29+,34?/m0/s1. The number of nitrogens with zero attached hydrogens (tertiary/aromatic N) is 2. The number of benzene rings is 2. The molecule has 1 unspecified atom stereocenters. The Morgan fingerprint density at radius 1 is 1.14 bits per heavy atom. The number of fused-ring (bicyclic) bond motifs is 4. The minimum atomic E-state index is -1.39. The van der Waals surface area contributed by atoms with E-state index in [4.69, 9.17) is 4.74 Å². The van der Waals surface area contributed by atoms with Gasteiger partial charge in [0.25, 0.3) is 0 Å². The van der Waals surface area contributed by atoms with E-state index in [1.807, 2.05) is 30.5 Å². The SMILES string of the molecule is C=CCO[C@H](c1ccnc2ccccc12)[C@@H]1C[C@@H]2CC[N+]1(Cc1ccc(F)c(F)c1F)C[C@@H]2CC. The van der Waals surface area contributed by atoms with Crippen LogP contribution in [0.2, 0.25) is 0 Å². The third-order valence-electron chi connectivity index (χ3n) is 8.31. The summed E-state index contributed by atoms with van der Waals surface area (Å²) in [5, 5.41) is 1.04. The molecule has 0 N–H and O–H groups in total. The first-order chi connectivity index (χ1) is 17.0. The van der Waals surface area contributed by atoms with Crippen LogP contribution in [0.4, 0.5) is 13.2 Å². The molecular weight excluding hydrogens is 449 g/mol. The van der Waals surface area contributed by atoms with Gasteiger partial charge in [0.05, 0.1) is 25.2 Å². The van der Waals surface area contributed by atoms with Crippen LogP contribution >= 0.6 is 0 Å². The van der Waals surface area contributed by atoms with E-state index in [0.717, 1.165) is 54.9 Å². The summed E-state index contributed by atoms with van der Waals surface area (Å²) in [7, 11) is 0. The van der Waals surface area contributed by atoms with E-state index in [1.54, 1.807) is 6.08 Å². The molecule has 0 saturated carbocycles. The third-order valence-corrected chi connectivity index (χ3v) is 8.31. The molecule has 35 heavy (non-hydrogen) atoms. The molecule has 3 nitrogen and oxygen atoms in total. The molecule has 0 spiro atoms. The van der Waals surface area contributed by atoms with E-state index < -0.39 is 17.5 Å². The second kappa shape index (κ2) is 9.75. The van der Waals surface area contributed by atoms with Gasteiger partial charge in [0, 0.05) is 35.9 Å². The Labute approximate surface area is 204 Å². The van der Waals surface area contributed by atoms with Gasteiger partial charge in [-0.25, -0.2) is 13.2 Å². The van der Waals surface area contributed by atoms with Crippen LogP contribution in [0.15, 0.2) is 61.3 Å². The zero-order valence-electron chi connectivity index (χ0n) is 20.1. The molecule has 3 saturated heterocycles. The van der Waals surface area contributed by atoms with Gasteiger partial charge in [0.15, 0.2) is 17.5 Å². The molecule has 0 aliphatic carbocycles. The minimum Gasteiger partial charge on any atom is -0.363 e. The highest BCUT2D eigenvalue weighted by Gasteiger charge is 2.55. The van der Waals surface area contributed by atoms with Gasteiger partial charge in [-0.05, 0) is 42.2 Å². The van der Waals surface area contributed by atoms with Gasteiger partial charge >= 0.3 is 0 Å². The number of rotatable bonds is 8. The largest absolute Gasteiger partial charge is 0.363 e. The molecule has 2 bridgehead atoms. The third kappa shape index (κ3) is 4.27. The van der Waals surface area contributed by atoms with Crippen molar-refractivity contribution in [3.63, 3.8) is 0 Å². The molecule has 2 aromatic carbocycles. The number of pyridine rings is 1. The Kier molecular flexibility index (Phi) is 6.69. The van der Waals surface area contributed by atoms with Gasteiger partial charge in [-0.3, -0.25) is 4.98 Å². The highest BCUT2D eigenvalue weighted by Crippen LogP contribution is 2.49. The molecule has 3 aliphatic heterocycles. The van der Waals surface area contributed by atoms with Gasteiger partial charge < -0.3 is 9.22 Å². The van der Waals surface area contributed by atoms with Gasteiger partial charge in [-0.2, -0.15) is 0 Å². The van der Waals surface area contributed by atoms with Crippen LogP contribution in [0.5, 0.6) is 0 Å². The maximum Gasteiger partial charge on any atom is 0.194 e. The molecule has 4 heterocycles. The van der Waals surface area contributed by atoms with Crippen molar-refractivity contribution in [3.8, 4) is 0 Å². The lowest BCUT2D eigenvalue weighted by molar-refractivity contribution is -0.986. The molecule has 0 radical (unpaired) electrons. The summed E-state index contributed by atoms with van der Waals surface area (Å²) < 4.78 is 49.9. The summed E-state index contributed by atoms with van der Waals surface area (Å²) in [5.41, 5.74) is 2.19. The quantitative estimate of drug-likeness (QED) is 0.202. The fourth-order valence-electron chi connectivity index (χ4n) is 6.62. The molecule has 184 valence electrons. The van der Waals surface area contributed by atoms with E-state index in [-0.39, 0.29) is 17.7 Å². The van der Waals surface area contributed by atoms with Crippen molar-refractivity contribution in [1.29, 1.82) is 0 Å². The molecule has 3 aromatic rings. The summed E-state index contributed by atoms with van der Waals surface area (Å²) in [5.74, 6) is -2.53. The lowest BCUT2D eigenvalue weighted by Gasteiger charge is -2.59. The molecule has 6 rings (SSSR count). The van der Waals surface area contributed by atoms with Crippen LogP contribution in [0.25, 0.3) is 10.9 Å². The van der Waals surface area contributed by atoms with Crippen molar-refractivity contribution in [2.45, 2.75) is 44.9 Å². The van der Waals surface area contributed by atoms with Crippen molar-refractivity contribution in [1.82, 2.24) is 4.98 Å². The number of aromatic nitrogens is 1. The predicted octanol–water partition coefficient (Wildman–Crippen LogP) is 6.73. The van der Waals surface area contributed by atoms with E-state index in [0.29, 0.717) is 29.5 Å².